The van der Waals surface area contributed by atoms with Crippen LogP contribution in [0.4, 0.5) is 5.82 Å². The number of carboxylic acid groups (broad SMARTS) is 1. The number of anilines is 1. The SMILES string of the molecule is [N-]=[N+]=N[C@H]1[C@@H](O)[C@H](n2cnc3c(NCc4cc(Cl)ccc4OCC(=O)N4CCN(C5CCCCC5)CC4)ncnc32)O[C@@H]1C(=O)O. The fraction of sp³-hybridized carbons (Fsp3) is 0.552. The maximum atomic E-state index is 13.0. The number of aliphatic carboxylic acids is 1. The van der Waals surface area contributed by atoms with E-state index in [-0.39, 0.29) is 24.7 Å². The number of nitrogens with zero attached hydrogens (tertiary/aromatic N) is 9. The van der Waals surface area contributed by atoms with Crippen LogP contribution >= 0.6 is 11.6 Å². The molecule has 6 rings (SSSR count). The number of hydrogen-bond acceptors (Lipinski definition) is 11. The number of imidazole rings is 1. The standard InChI is InChI=1S/C29H35ClN10O6/c30-18-6-7-20(45-14-21(41)39-10-8-38(9-11-39)19-4-2-1-3-5-19)17(12-18)13-32-26-23-27(34-15-33-26)40(16-35-23)28-24(42)22(36-37-31)25(46-28)29(43)44/h6-7,12,15-16,19,22,24-25,28,42H,1-5,8-11,13-14H2,(H,43,44)(H,32,33,34)/t22-,24+,25-,28+/m0/s1. The number of hydrogen-bond donors (Lipinski definition) is 3. The minimum absolute atomic E-state index is 0.0654. The van der Waals surface area contributed by atoms with Crippen LogP contribution < -0.4 is 10.1 Å². The van der Waals surface area contributed by atoms with Gasteiger partial charge < -0.3 is 29.9 Å². The molecule has 46 heavy (non-hydrogen) atoms. The van der Waals surface area contributed by atoms with Gasteiger partial charge in [-0.2, -0.15) is 0 Å². The lowest BCUT2D eigenvalue weighted by molar-refractivity contribution is -0.152. The van der Waals surface area contributed by atoms with Crippen molar-refractivity contribution in [1.82, 2.24) is 29.3 Å². The Bertz CT molecular complexity index is 1620. The number of benzene rings is 1. The van der Waals surface area contributed by atoms with Crippen molar-refractivity contribution in [2.24, 2.45) is 5.11 Å². The number of carbonyl (C=O) groups excluding carboxylic acids is 1. The predicted molar refractivity (Wildman–Crippen MR) is 165 cm³/mol. The Morgan fingerprint density at radius 2 is 1.93 bits per heavy atom. The van der Waals surface area contributed by atoms with Gasteiger partial charge in [-0.3, -0.25) is 14.3 Å². The summed E-state index contributed by atoms with van der Waals surface area (Å²) in [5.74, 6) is -0.605. The fourth-order valence-electron chi connectivity index (χ4n) is 6.47. The lowest BCUT2D eigenvalue weighted by Gasteiger charge is -2.40. The maximum Gasteiger partial charge on any atom is 0.333 e. The van der Waals surface area contributed by atoms with Crippen LogP contribution in [0.5, 0.6) is 5.75 Å². The van der Waals surface area contributed by atoms with E-state index in [0.29, 0.717) is 46.8 Å². The van der Waals surface area contributed by atoms with Crippen LogP contribution in [0.2, 0.25) is 5.02 Å². The summed E-state index contributed by atoms with van der Waals surface area (Å²) in [4.78, 5) is 44.6. The molecule has 2 aliphatic heterocycles. The van der Waals surface area contributed by atoms with E-state index in [4.69, 9.17) is 26.6 Å². The molecule has 0 spiro atoms. The number of aliphatic hydroxyl groups excluding tert-OH is 1. The number of fused-ring (bicyclic) bond motifs is 1. The molecule has 2 saturated heterocycles. The van der Waals surface area contributed by atoms with Crippen LogP contribution in [0.25, 0.3) is 21.6 Å². The molecule has 3 aromatic rings. The number of aliphatic hydroxyl groups is 1. The Morgan fingerprint density at radius 1 is 1.15 bits per heavy atom. The van der Waals surface area contributed by atoms with Crippen LogP contribution in [0.3, 0.4) is 0 Å². The van der Waals surface area contributed by atoms with Gasteiger partial charge in [0.05, 0.1) is 6.33 Å². The van der Waals surface area contributed by atoms with Crippen molar-refractivity contribution in [2.45, 2.75) is 69.2 Å². The minimum atomic E-state index is -1.55. The predicted octanol–water partition coefficient (Wildman–Crippen LogP) is 2.97. The highest BCUT2D eigenvalue weighted by atomic mass is 35.5. The second-order valence-corrected chi connectivity index (χ2v) is 12.1. The Hall–Kier alpha value is -4.21. The smallest absolute Gasteiger partial charge is 0.333 e. The number of rotatable bonds is 10. The van der Waals surface area contributed by atoms with Crippen LogP contribution in [0, 0.1) is 0 Å². The van der Waals surface area contributed by atoms with E-state index in [1.807, 2.05) is 4.90 Å². The second-order valence-electron chi connectivity index (χ2n) is 11.6. The van der Waals surface area contributed by atoms with E-state index in [2.05, 4.69) is 35.2 Å². The molecule has 0 bridgehead atoms. The van der Waals surface area contributed by atoms with Crippen molar-refractivity contribution in [1.29, 1.82) is 0 Å². The van der Waals surface area contributed by atoms with Gasteiger partial charge >= 0.3 is 5.97 Å². The number of carbonyl (C=O) groups is 2. The Balaban J connectivity index is 1.10. The van der Waals surface area contributed by atoms with Gasteiger partial charge in [0.25, 0.3) is 5.91 Å². The average molecular weight is 655 g/mol. The van der Waals surface area contributed by atoms with Crippen molar-refractivity contribution in [3.8, 4) is 5.75 Å². The molecule has 17 heteroatoms. The van der Waals surface area contributed by atoms with E-state index < -0.39 is 30.4 Å². The molecule has 0 radical (unpaired) electrons. The van der Waals surface area contributed by atoms with Gasteiger partial charge in [0.15, 0.2) is 35.9 Å². The summed E-state index contributed by atoms with van der Waals surface area (Å²) in [6.45, 7) is 3.27. The summed E-state index contributed by atoms with van der Waals surface area (Å²) < 4.78 is 12.9. The zero-order chi connectivity index (χ0) is 32.2. The number of piperazine rings is 1. The number of aromatic nitrogens is 4. The molecule has 3 N–H and O–H groups in total. The molecule has 4 atom stereocenters. The summed E-state index contributed by atoms with van der Waals surface area (Å²) in [5, 5.41) is 27.3. The number of carboxylic acids is 1. The number of halogens is 1. The minimum Gasteiger partial charge on any atom is -0.483 e. The van der Waals surface area contributed by atoms with E-state index in [1.165, 1.54) is 49.3 Å². The van der Waals surface area contributed by atoms with Gasteiger partial charge in [0.1, 0.15) is 24.2 Å². The van der Waals surface area contributed by atoms with Crippen LogP contribution in [-0.2, 0) is 20.9 Å². The zero-order valence-electron chi connectivity index (χ0n) is 25.0. The van der Waals surface area contributed by atoms with E-state index in [0.717, 1.165) is 13.1 Å². The third-order valence-electron chi connectivity index (χ3n) is 8.88. The lowest BCUT2D eigenvalue weighted by atomic mass is 9.94. The summed E-state index contributed by atoms with van der Waals surface area (Å²) >= 11 is 6.30. The van der Waals surface area contributed by atoms with Gasteiger partial charge in [-0.1, -0.05) is 36.0 Å². The van der Waals surface area contributed by atoms with Crippen molar-refractivity contribution in [3.05, 3.63) is 51.9 Å². The molecule has 4 heterocycles. The molecule has 1 saturated carbocycles. The lowest BCUT2D eigenvalue weighted by Crippen LogP contribution is -2.53. The zero-order valence-corrected chi connectivity index (χ0v) is 25.7. The van der Waals surface area contributed by atoms with Gasteiger partial charge in [0.2, 0.25) is 0 Å². The normalized spacial score (nSPS) is 24.1. The van der Waals surface area contributed by atoms with E-state index in [1.54, 1.807) is 18.2 Å². The number of amides is 1. The summed E-state index contributed by atoms with van der Waals surface area (Å²) in [6, 6.07) is 4.44. The van der Waals surface area contributed by atoms with Gasteiger partial charge in [-0.25, -0.2) is 19.7 Å². The highest BCUT2D eigenvalue weighted by Crippen LogP contribution is 2.34. The highest BCUT2D eigenvalue weighted by Gasteiger charge is 2.48. The third kappa shape index (κ3) is 6.66. The largest absolute Gasteiger partial charge is 0.483 e. The van der Waals surface area contributed by atoms with Crippen LogP contribution in [0.15, 0.2) is 36.0 Å². The quantitative estimate of drug-likeness (QED) is 0.165. The number of ether oxygens (including phenoxy) is 2. The molecule has 1 aromatic carbocycles. The Labute approximate surface area is 268 Å². The second kappa shape index (κ2) is 14.1. The first-order valence-corrected chi connectivity index (χ1v) is 15.7. The van der Waals surface area contributed by atoms with E-state index >= 15 is 0 Å². The topological polar surface area (TPSA) is 204 Å². The monoisotopic (exact) mass is 654 g/mol. The molecule has 1 aliphatic carbocycles. The first-order chi connectivity index (χ1) is 22.3. The summed E-state index contributed by atoms with van der Waals surface area (Å²) in [7, 11) is 0. The summed E-state index contributed by atoms with van der Waals surface area (Å²) in [5.41, 5.74) is 10.1. The van der Waals surface area contributed by atoms with Crippen molar-refractivity contribution in [2.75, 3.05) is 38.1 Å². The Morgan fingerprint density at radius 3 is 2.67 bits per heavy atom. The molecular formula is C29H35ClN10O6. The fourth-order valence-corrected chi connectivity index (χ4v) is 6.66. The number of nitrogens with one attached hydrogen (secondary N) is 1. The molecule has 3 aliphatic rings. The summed E-state index contributed by atoms with van der Waals surface area (Å²) in [6.07, 6.45) is 4.78. The molecule has 2 aromatic heterocycles. The van der Waals surface area contributed by atoms with E-state index in [9.17, 15) is 19.8 Å². The van der Waals surface area contributed by atoms with Gasteiger partial charge in [-0.05, 0) is 36.6 Å². The van der Waals surface area contributed by atoms with Crippen molar-refractivity contribution in [3.63, 3.8) is 0 Å². The molecule has 0 unspecified atom stereocenters. The third-order valence-corrected chi connectivity index (χ3v) is 9.11. The maximum absolute atomic E-state index is 13.0. The van der Waals surface area contributed by atoms with Gasteiger partial charge in [-0.15, -0.1) is 0 Å². The first kappa shape index (κ1) is 31.8. The Kier molecular flexibility index (Phi) is 9.70. The van der Waals surface area contributed by atoms with Crippen LogP contribution in [-0.4, -0.2) is 108 Å². The van der Waals surface area contributed by atoms with Crippen LogP contribution in [0.1, 0.15) is 43.9 Å². The molecule has 3 fully saturated rings. The number of azide groups is 1. The molecule has 1 amide bonds. The molecule has 16 nitrogen and oxygen atoms in total. The molecule has 244 valence electrons. The molecular weight excluding hydrogens is 620 g/mol. The first-order valence-electron chi connectivity index (χ1n) is 15.3. The van der Waals surface area contributed by atoms with Crippen molar-refractivity contribution >= 4 is 40.5 Å². The average Bonchev–Trinajstić information content (AvgIpc) is 3.65. The highest BCUT2D eigenvalue weighted by molar-refractivity contribution is 6.30. The van der Waals surface area contributed by atoms with Crippen molar-refractivity contribution < 1.29 is 29.3 Å². The van der Waals surface area contributed by atoms with Gasteiger partial charge in [0, 0.05) is 54.3 Å².